The molecule has 30 heavy (non-hydrogen) atoms. The molecule has 10 heteroatoms. The van der Waals surface area contributed by atoms with Crippen LogP contribution in [-0.4, -0.2) is 36.5 Å². The summed E-state index contributed by atoms with van der Waals surface area (Å²) in [6.07, 6.45) is 0.0487. The molecular formula is C20H19ClFN3O4S. The molecule has 3 rings (SSSR count). The molecule has 1 aliphatic heterocycles. The summed E-state index contributed by atoms with van der Waals surface area (Å²) in [6.45, 7) is 3.74. The summed E-state index contributed by atoms with van der Waals surface area (Å²) >= 11 is 7.53. The second kappa shape index (κ2) is 9.36. The number of nitrogens with one attached hydrogen (secondary N) is 1. The summed E-state index contributed by atoms with van der Waals surface area (Å²) in [5.41, 5.74) is 1.78. The zero-order valence-corrected chi connectivity index (χ0v) is 18.1. The first kappa shape index (κ1) is 21.9. The number of aromatic nitrogens is 1. The maximum atomic E-state index is 13.5. The van der Waals surface area contributed by atoms with Crippen molar-refractivity contribution in [3.05, 3.63) is 62.0 Å². The highest BCUT2D eigenvalue weighted by Gasteiger charge is 2.32. The highest BCUT2D eigenvalue weighted by atomic mass is 35.5. The van der Waals surface area contributed by atoms with E-state index in [0.717, 1.165) is 0 Å². The van der Waals surface area contributed by atoms with Gasteiger partial charge in [0.2, 0.25) is 0 Å². The van der Waals surface area contributed by atoms with Crippen LogP contribution in [0.1, 0.15) is 36.2 Å². The fourth-order valence-electron chi connectivity index (χ4n) is 2.96. The molecule has 0 aliphatic carbocycles. The number of amidine groups is 1. The van der Waals surface area contributed by atoms with Gasteiger partial charge in [-0.1, -0.05) is 17.7 Å². The van der Waals surface area contributed by atoms with Gasteiger partial charge in [0.15, 0.2) is 10.8 Å². The fraction of sp³-hybridized carbons (Fsp3) is 0.300. The van der Waals surface area contributed by atoms with E-state index < -0.39 is 17.8 Å². The van der Waals surface area contributed by atoms with E-state index in [1.54, 1.807) is 19.2 Å². The molecule has 0 radical (unpaired) electrons. The fourth-order valence-corrected chi connectivity index (χ4v) is 4.00. The lowest BCUT2D eigenvalue weighted by atomic mass is 9.96. The van der Waals surface area contributed by atoms with Crippen LogP contribution in [0, 0.1) is 5.82 Å². The van der Waals surface area contributed by atoms with Gasteiger partial charge in [-0.3, -0.25) is 9.79 Å². The number of esters is 2. The third-order valence-corrected chi connectivity index (χ3v) is 5.51. The monoisotopic (exact) mass is 451 g/mol. The Morgan fingerprint density at radius 3 is 2.80 bits per heavy atom. The molecule has 0 bridgehead atoms. The number of carbonyl (C=O) groups excluding carboxylic acids is 2. The van der Waals surface area contributed by atoms with E-state index in [2.05, 4.69) is 15.3 Å². The third kappa shape index (κ3) is 4.68. The first-order valence-electron chi connectivity index (χ1n) is 9.03. The van der Waals surface area contributed by atoms with Crippen LogP contribution < -0.4 is 5.32 Å². The summed E-state index contributed by atoms with van der Waals surface area (Å²) in [5, 5.41) is 5.47. The predicted octanol–water partition coefficient (Wildman–Crippen LogP) is 3.58. The average molecular weight is 452 g/mol. The van der Waals surface area contributed by atoms with Gasteiger partial charge in [-0.25, -0.2) is 14.2 Å². The van der Waals surface area contributed by atoms with Gasteiger partial charge in [-0.2, -0.15) is 0 Å². The van der Waals surface area contributed by atoms with Crippen molar-refractivity contribution in [2.45, 2.75) is 26.3 Å². The summed E-state index contributed by atoms with van der Waals surface area (Å²) in [5.74, 6) is -1.03. The number of hydrogen-bond acceptors (Lipinski definition) is 8. The molecule has 1 N–H and O–H groups in total. The van der Waals surface area contributed by atoms with Crippen LogP contribution in [0.3, 0.4) is 0 Å². The molecule has 0 spiro atoms. The number of hydrogen-bond donors (Lipinski definition) is 1. The Morgan fingerprint density at radius 2 is 2.13 bits per heavy atom. The highest BCUT2D eigenvalue weighted by molar-refractivity contribution is 7.11. The molecule has 0 amide bonds. The number of allylic oxidation sites excluding steroid dienone is 1. The molecule has 158 valence electrons. The predicted molar refractivity (Wildman–Crippen MR) is 111 cm³/mol. The molecule has 2 heterocycles. The van der Waals surface area contributed by atoms with Crippen LogP contribution in [0.5, 0.6) is 0 Å². The average Bonchev–Trinajstić information content (AvgIpc) is 3.15. The molecule has 0 saturated carbocycles. The number of aliphatic imine (C=N–C) groups is 1. The quantitative estimate of drug-likeness (QED) is 0.675. The number of rotatable bonds is 6. The number of benzene rings is 1. The van der Waals surface area contributed by atoms with Crippen LogP contribution in [0.25, 0.3) is 0 Å². The SMILES string of the molecule is CCOC(=O)Cc1csc(C2=NC(c3ccc(F)cc3Cl)C(C(=O)OC)=C(C)N2)n1. The normalized spacial score (nSPS) is 16.0. The zero-order chi connectivity index (χ0) is 21.8. The molecule has 1 unspecified atom stereocenters. The minimum absolute atomic E-state index is 0.0487. The topological polar surface area (TPSA) is 89.9 Å². The van der Waals surface area contributed by atoms with Gasteiger partial charge in [-0.15, -0.1) is 11.3 Å². The molecular weight excluding hydrogens is 433 g/mol. The van der Waals surface area contributed by atoms with E-state index in [4.69, 9.17) is 21.1 Å². The Hall–Kier alpha value is -2.78. The number of halogens is 2. The molecule has 1 aromatic heterocycles. The molecule has 0 saturated heterocycles. The lowest BCUT2D eigenvalue weighted by molar-refractivity contribution is -0.142. The lowest BCUT2D eigenvalue weighted by Gasteiger charge is -2.25. The Balaban J connectivity index is 1.99. The smallest absolute Gasteiger partial charge is 0.338 e. The molecule has 7 nitrogen and oxygen atoms in total. The van der Waals surface area contributed by atoms with Crippen molar-refractivity contribution in [2.75, 3.05) is 13.7 Å². The van der Waals surface area contributed by atoms with Crippen LogP contribution in [0.2, 0.25) is 5.02 Å². The van der Waals surface area contributed by atoms with Gasteiger partial charge in [0.25, 0.3) is 0 Å². The summed E-state index contributed by atoms with van der Waals surface area (Å²) in [6, 6.07) is 3.10. The highest BCUT2D eigenvalue weighted by Crippen LogP contribution is 2.36. The minimum Gasteiger partial charge on any atom is -0.466 e. The van der Waals surface area contributed by atoms with Crippen molar-refractivity contribution in [3.63, 3.8) is 0 Å². The van der Waals surface area contributed by atoms with Crippen molar-refractivity contribution < 1.29 is 23.5 Å². The van der Waals surface area contributed by atoms with Gasteiger partial charge in [0.05, 0.1) is 31.4 Å². The Bertz CT molecular complexity index is 1050. The molecule has 0 fully saturated rings. The van der Waals surface area contributed by atoms with Gasteiger partial charge < -0.3 is 14.8 Å². The third-order valence-electron chi connectivity index (χ3n) is 4.29. The summed E-state index contributed by atoms with van der Waals surface area (Å²) in [4.78, 5) is 33.1. The van der Waals surface area contributed by atoms with Crippen molar-refractivity contribution in [3.8, 4) is 0 Å². The summed E-state index contributed by atoms with van der Waals surface area (Å²) < 4.78 is 23.4. The first-order chi connectivity index (χ1) is 14.3. The van der Waals surface area contributed by atoms with E-state index in [-0.39, 0.29) is 23.0 Å². The van der Waals surface area contributed by atoms with E-state index in [1.807, 2.05) is 0 Å². The van der Waals surface area contributed by atoms with Gasteiger partial charge in [0, 0.05) is 21.7 Å². The Labute approximate surface area is 181 Å². The van der Waals surface area contributed by atoms with Crippen LogP contribution in [0.15, 0.2) is 39.8 Å². The molecule has 2 aromatic rings. The second-order valence-electron chi connectivity index (χ2n) is 6.33. The number of ether oxygens (including phenoxy) is 2. The Morgan fingerprint density at radius 1 is 1.37 bits per heavy atom. The lowest BCUT2D eigenvalue weighted by Crippen LogP contribution is -2.32. The summed E-state index contributed by atoms with van der Waals surface area (Å²) in [7, 11) is 1.27. The zero-order valence-electron chi connectivity index (χ0n) is 16.5. The van der Waals surface area contributed by atoms with Crippen LogP contribution in [0.4, 0.5) is 4.39 Å². The van der Waals surface area contributed by atoms with Gasteiger partial charge in [-0.05, 0) is 26.0 Å². The van der Waals surface area contributed by atoms with Crippen molar-refractivity contribution in [2.24, 2.45) is 4.99 Å². The largest absolute Gasteiger partial charge is 0.466 e. The van der Waals surface area contributed by atoms with E-state index in [9.17, 15) is 14.0 Å². The van der Waals surface area contributed by atoms with Crippen molar-refractivity contribution in [1.29, 1.82) is 0 Å². The van der Waals surface area contributed by atoms with E-state index in [1.165, 1.54) is 36.6 Å². The maximum absolute atomic E-state index is 13.5. The number of nitrogens with zero attached hydrogens (tertiary/aromatic N) is 2. The van der Waals surface area contributed by atoms with Crippen LogP contribution >= 0.6 is 22.9 Å². The Kier molecular flexibility index (Phi) is 6.84. The van der Waals surface area contributed by atoms with Crippen molar-refractivity contribution in [1.82, 2.24) is 10.3 Å². The maximum Gasteiger partial charge on any atom is 0.338 e. The number of methoxy groups -OCH3 is 1. The standard InChI is InChI=1S/C20H19ClFN3O4S/c1-4-29-15(26)8-12-9-30-19(24-12)18-23-10(2)16(20(27)28-3)17(25-18)13-6-5-11(22)7-14(13)21/h5-7,9,17H,4,8H2,1-3H3,(H,23,25). The first-order valence-corrected chi connectivity index (χ1v) is 10.3. The number of thiazole rings is 1. The minimum atomic E-state index is -0.806. The van der Waals surface area contributed by atoms with Crippen LogP contribution in [-0.2, 0) is 25.5 Å². The van der Waals surface area contributed by atoms with E-state index >= 15 is 0 Å². The second-order valence-corrected chi connectivity index (χ2v) is 7.59. The van der Waals surface area contributed by atoms with Gasteiger partial charge >= 0.3 is 11.9 Å². The molecule has 1 aliphatic rings. The number of carbonyl (C=O) groups is 2. The van der Waals surface area contributed by atoms with E-state index in [0.29, 0.717) is 34.4 Å². The molecule has 1 atom stereocenters. The van der Waals surface area contributed by atoms with Gasteiger partial charge in [0.1, 0.15) is 11.9 Å². The van der Waals surface area contributed by atoms with Crippen molar-refractivity contribution >= 4 is 40.7 Å². The molecule has 1 aromatic carbocycles.